The summed E-state index contributed by atoms with van der Waals surface area (Å²) >= 11 is 4.26. The summed E-state index contributed by atoms with van der Waals surface area (Å²) < 4.78 is 6.16. The molecule has 4 heteroatoms. The van der Waals surface area contributed by atoms with Gasteiger partial charge in [0, 0.05) is 34.2 Å². The van der Waals surface area contributed by atoms with Gasteiger partial charge in [0.25, 0.3) is 0 Å². The van der Waals surface area contributed by atoms with Gasteiger partial charge in [-0.25, -0.2) is 0 Å². The van der Waals surface area contributed by atoms with Crippen LogP contribution in [-0.2, 0) is 4.74 Å². The van der Waals surface area contributed by atoms with Gasteiger partial charge in [0.2, 0.25) is 0 Å². The molecule has 0 aromatic rings. The Morgan fingerprint density at radius 2 is 1.95 bits per heavy atom. The summed E-state index contributed by atoms with van der Waals surface area (Å²) in [5.41, 5.74) is 6.91. The van der Waals surface area contributed by atoms with Crippen molar-refractivity contribution in [1.29, 1.82) is 0 Å². The Labute approximate surface area is 132 Å². The minimum atomic E-state index is 0.214. The molecule has 0 amide bonds. The summed E-state index contributed by atoms with van der Waals surface area (Å²) in [6.07, 6.45) is 7.65. The number of nitrogens with two attached hydrogens (primary N) is 1. The predicted octanol–water partition coefficient (Wildman–Crippen LogP) is 3.68. The predicted molar refractivity (Wildman–Crippen MR) is 90.6 cm³/mol. The number of hydrogen-bond acceptors (Lipinski definition) is 4. The summed E-state index contributed by atoms with van der Waals surface area (Å²) in [4.78, 5) is 0. The van der Waals surface area contributed by atoms with Crippen LogP contribution in [0.5, 0.6) is 0 Å². The summed E-state index contributed by atoms with van der Waals surface area (Å²) in [5.74, 6) is 1.92. The van der Waals surface area contributed by atoms with Crippen molar-refractivity contribution in [2.75, 3.05) is 12.4 Å². The van der Waals surface area contributed by atoms with Crippen molar-refractivity contribution in [3.05, 3.63) is 0 Å². The minimum absolute atomic E-state index is 0.214. The van der Waals surface area contributed by atoms with Gasteiger partial charge in [0.1, 0.15) is 0 Å². The molecule has 5 atom stereocenters. The zero-order valence-corrected chi connectivity index (χ0v) is 14.5. The summed E-state index contributed by atoms with van der Waals surface area (Å²) in [7, 11) is 0. The molecular weight excluding hydrogens is 286 g/mol. The molecule has 2 nitrogen and oxygen atoms in total. The van der Waals surface area contributed by atoms with E-state index < -0.39 is 0 Å². The van der Waals surface area contributed by atoms with E-state index in [1.165, 1.54) is 44.3 Å². The first-order valence-corrected chi connectivity index (χ1v) is 10.3. The zero-order valence-electron chi connectivity index (χ0n) is 12.8. The molecule has 3 aliphatic rings. The van der Waals surface area contributed by atoms with E-state index in [0.717, 1.165) is 17.1 Å². The third kappa shape index (κ3) is 3.18. The van der Waals surface area contributed by atoms with Crippen molar-refractivity contribution < 1.29 is 4.74 Å². The highest BCUT2D eigenvalue weighted by Gasteiger charge is 2.43. The van der Waals surface area contributed by atoms with E-state index in [1.54, 1.807) is 0 Å². The van der Waals surface area contributed by atoms with Crippen LogP contribution in [0.15, 0.2) is 0 Å². The molecule has 3 rings (SSSR count). The molecule has 1 spiro atoms. The van der Waals surface area contributed by atoms with Crippen molar-refractivity contribution >= 4 is 23.5 Å². The molecule has 20 heavy (non-hydrogen) atoms. The normalized spacial score (nSPS) is 42.8. The lowest BCUT2D eigenvalue weighted by Gasteiger charge is -2.44. The summed E-state index contributed by atoms with van der Waals surface area (Å²) in [6.45, 7) is 5.66. The molecule has 1 saturated carbocycles. The van der Waals surface area contributed by atoms with Gasteiger partial charge in [0.05, 0.1) is 5.60 Å². The molecule has 0 bridgehead atoms. The monoisotopic (exact) mass is 315 g/mol. The van der Waals surface area contributed by atoms with Crippen molar-refractivity contribution in [3.8, 4) is 0 Å². The fraction of sp³-hybridized carbons (Fsp3) is 1.00. The number of rotatable bonds is 2. The maximum absolute atomic E-state index is 6.69. The fourth-order valence-corrected chi connectivity index (χ4v) is 7.22. The van der Waals surface area contributed by atoms with Crippen LogP contribution in [0, 0.1) is 5.92 Å². The van der Waals surface area contributed by atoms with E-state index in [0.29, 0.717) is 17.2 Å². The van der Waals surface area contributed by atoms with Crippen LogP contribution in [-0.4, -0.2) is 39.8 Å². The van der Waals surface area contributed by atoms with E-state index in [-0.39, 0.29) is 5.60 Å². The first kappa shape index (κ1) is 15.5. The maximum atomic E-state index is 6.69. The smallest absolute Gasteiger partial charge is 0.0685 e. The number of hydrogen-bond donors (Lipinski definition) is 1. The Morgan fingerprint density at radius 3 is 2.65 bits per heavy atom. The average molecular weight is 316 g/mol. The lowest BCUT2D eigenvalue weighted by molar-refractivity contribution is -0.0959. The van der Waals surface area contributed by atoms with Crippen molar-refractivity contribution in [1.82, 2.24) is 0 Å². The topological polar surface area (TPSA) is 35.2 Å². The molecule has 2 aliphatic heterocycles. The molecule has 0 radical (unpaired) electrons. The fourth-order valence-electron chi connectivity index (χ4n) is 4.08. The maximum Gasteiger partial charge on any atom is 0.0685 e. The SMILES string of the molecule is CC1SCC(C(N)C2CCOC3(CCCC3)C2)SC1C. The van der Waals surface area contributed by atoms with Gasteiger partial charge >= 0.3 is 0 Å². The van der Waals surface area contributed by atoms with E-state index in [1.807, 2.05) is 0 Å². The Balaban J connectivity index is 1.60. The van der Waals surface area contributed by atoms with Gasteiger partial charge in [-0.2, -0.15) is 23.5 Å². The number of ether oxygens (including phenoxy) is 1. The largest absolute Gasteiger partial charge is 0.375 e. The van der Waals surface area contributed by atoms with Crippen LogP contribution < -0.4 is 5.73 Å². The van der Waals surface area contributed by atoms with Crippen LogP contribution in [0.1, 0.15) is 52.4 Å². The molecule has 0 aromatic heterocycles. The third-order valence-corrected chi connectivity index (χ3v) is 9.13. The van der Waals surface area contributed by atoms with Gasteiger partial charge in [-0.15, -0.1) is 0 Å². The first-order chi connectivity index (χ1) is 9.60. The molecule has 2 heterocycles. The molecule has 3 fully saturated rings. The third-order valence-electron chi connectivity index (χ3n) is 5.59. The Bertz CT molecular complexity index is 332. The van der Waals surface area contributed by atoms with E-state index in [2.05, 4.69) is 37.4 Å². The second-order valence-electron chi connectivity index (χ2n) is 6.99. The molecule has 2 N–H and O–H groups in total. The molecule has 2 saturated heterocycles. The lowest BCUT2D eigenvalue weighted by Crippen LogP contribution is -2.50. The average Bonchev–Trinajstić information content (AvgIpc) is 2.89. The molecule has 116 valence electrons. The van der Waals surface area contributed by atoms with Crippen molar-refractivity contribution in [2.45, 2.75) is 79.8 Å². The van der Waals surface area contributed by atoms with Crippen molar-refractivity contribution in [3.63, 3.8) is 0 Å². The Kier molecular flexibility index (Phi) is 4.96. The molecule has 1 aliphatic carbocycles. The lowest BCUT2D eigenvalue weighted by atomic mass is 9.80. The first-order valence-electron chi connectivity index (χ1n) is 8.26. The Morgan fingerprint density at radius 1 is 1.20 bits per heavy atom. The second-order valence-corrected chi connectivity index (χ2v) is 10.0. The van der Waals surface area contributed by atoms with Crippen LogP contribution in [0.4, 0.5) is 0 Å². The van der Waals surface area contributed by atoms with Crippen LogP contribution in [0.3, 0.4) is 0 Å². The van der Waals surface area contributed by atoms with Gasteiger partial charge in [-0.3, -0.25) is 0 Å². The van der Waals surface area contributed by atoms with Gasteiger partial charge in [-0.1, -0.05) is 26.7 Å². The highest BCUT2D eigenvalue weighted by Crippen LogP contribution is 2.45. The second kappa shape index (κ2) is 6.39. The number of thioether (sulfide) groups is 2. The van der Waals surface area contributed by atoms with E-state index >= 15 is 0 Å². The highest BCUT2D eigenvalue weighted by atomic mass is 32.2. The molecule has 0 aromatic carbocycles. The zero-order chi connectivity index (χ0) is 14.2. The van der Waals surface area contributed by atoms with Crippen LogP contribution in [0.2, 0.25) is 0 Å². The van der Waals surface area contributed by atoms with E-state index in [4.69, 9.17) is 10.5 Å². The molecule has 5 unspecified atom stereocenters. The van der Waals surface area contributed by atoms with Crippen LogP contribution in [0.25, 0.3) is 0 Å². The van der Waals surface area contributed by atoms with Crippen molar-refractivity contribution in [2.24, 2.45) is 11.7 Å². The van der Waals surface area contributed by atoms with Gasteiger partial charge < -0.3 is 10.5 Å². The Hall–Kier alpha value is 0.620. The van der Waals surface area contributed by atoms with Crippen LogP contribution >= 0.6 is 23.5 Å². The van der Waals surface area contributed by atoms with Gasteiger partial charge in [-0.05, 0) is 31.6 Å². The van der Waals surface area contributed by atoms with E-state index in [9.17, 15) is 0 Å². The summed E-state index contributed by atoms with van der Waals surface area (Å²) in [5, 5.41) is 2.16. The summed E-state index contributed by atoms with van der Waals surface area (Å²) in [6, 6.07) is 0.365. The highest BCUT2D eigenvalue weighted by molar-refractivity contribution is 8.07. The quantitative estimate of drug-likeness (QED) is 0.843. The van der Waals surface area contributed by atoms with Gasteiger partial charge in [0.15, 0.2) is 0 Å². The standard InChI is InChI=1S/C16H29NOS2/c1-11-12(2)20-14(10-19-11)15(17)13-5-8-18-16(9-13)6-3-4-7-16/h11-15H,3-10,17H2,1-2H3. The minimum Gasteiger partial charge on any atom is -0.375 e. The molecular formula is C16H29NOS2.